The van der Waals surface area contributed by atoms with Gasteiger partial charge in [0, 0.05) is 12.5 Å². The van der Waals surface area contributed by atoms with E-state index < -0.39 is 10.0 Å². The molecule has 1 N–H and O–H groups in total. The average Bonchev–Trinajstić information content (AvgIpc) is 2.60. The first-order valence-electron chi connectivity index (χ1n) is 7.53. The van der Waals surface area contributed by atoms with Gasteiger partial charge in [0.05, 0.1) is 23.1 Å². The van der Waals surface area contributed by atoms with E-state index in [0.717, 1.165) is 17.7 Å². The van der Waals surface area contributed by atoms with Crippen LogP contribution in [0.3, 0.4) is 0 Å². The highest BCUT2D eigenvalue weighted by Gasteiger charge is 2.22. The molecule has 2 aromatic rings. The van der Waals surface area contributed by atoms with Crippen LogP contribution in [-0.4, -0.2) is 28.7 Å². The third-order valence-corrected chi connectivity index (χ3v) is 5.99. The van der Waals surface area contributed by atoms with Gasteiger partial charge in [-0.3, -0.25) is 0 Å². The number of sulfonamides is 1. The van der Waals surface area contributed by atoms with Crippen LogP contribution in [0.4, 0.5) is 0 Å². The second-order valence-corrected chi connectivity index (χ2v) is 8.26. The van der Waals surface area contributed by atoms with Crippen molar-refractivity contribution in [3.63, 3.8) is 0 Å². The fourth-order valence-corrected chi connectivity index (χ4v) is 4.48. The van der Waals surface area contributed by atoms with E-state index in [9.17, 15) is 8.42 Å². The van der Waals surface area contributed by atoms with Gasteiger partial charge in [-0.15, -0.1) is 0 Å². The number of hydrogen-bond acceptors (Lipinski definition) is 4. The molecule has 24 heavy (non-hydrogen) atoms. The molecular weight excluding hydrogens is 394 g/mol. The molecule has 0 fully saturated rings. The number of ether oxygens (including phenoxy) is 2. The van der Waals surface area contributed by atoms with Gasteiger partial charge in [-0.2, -0.15) is 0 Å². The maximum atomic E-state index is 12.5. The number of methoxy groups -OCH3 is 1. The number of fused-ring (bicyclic) bond motifs is 1. The van der Waals surface area contributed by atoms with Crippen molar-refractivity contribution < 1.29 is 17.9 Å². The monoisotopic (exact) mass is 411 g/mol. The average molecular weight is 412 g/mol. The zero-order chi connectivity index (χ0) is 17.2. The second kappa shape index (κ2) is 7.13. The Morgan fingerprint density at radius 3 is 2.83 bits per heavy atom. The smallest absolute Gasteiger partial charge is 0.240 e. The fourth-order valence-electron chi connectivity index (χ4n) is 2.65. The minimum absolute atomic E-state index is 0.108. The zero-order valence-electron chi connectivity index (χ0n) is 13.2. The largest absolute Gasteiger partial charge is 0.496 e. The molecule has 1 unspecified atom stereocenters. The molecule has 0 spiro atoms. The second-order valence-electron chi connectivity index (χ2n) is 5.64. The summed E-state index contributed by atoms with van der Waals surface area (Å²) < 4.78 is 39.0. The van der Waals surface area contributed by atoms with Crippen LogP contribution in [0.2, 0.25) is 0 Å². The lowest BCUT2D eigenvalue weighted by Crippen LogP contribution is -2.34. The van der Waals surface area contributed by atoms with Gasteiger partial charge in [0.15, 0.2) is 0 Å². The molecule has 1 atom stereocenters. The molecule has 1 aliphatic rings. The lowest BCUT2D eigenvalue weighted by atomic mass is 9.97. The quantitative estimate of drug-likeness (QED) is 0.820. The minimum Gasteiger partial charge on any atom is -0.496 e. The summed E-state index contributed by atoms with van der Waals surface area (Å²) in [6, 6.07) is 12.5. The van der Waals surface area contributed by atoms with Crippen LogP contribution in [0.1, 0.15) is 5.56 Å². The Bertz CT molecular complexity index is 838. The molecule has 0 amide bonds. The Labute approximate surface area is 150 Å². The number of nitrogens with one attached hydrogen (secondary N) is 1. The maximum Gasteiger partial charge on any atom is 0.240 e. The van der Waals surface area contributed by atoms with E-state index in [0.29, 0.717) is 23.4 Å². The molecule has 0 bridgehead atoms. The summed E-state index contributed by atoms with van der Waals surface area (Å²) in [6.07, 6.45) is 0.797. The Kier molecular flexibility index (Phi) is 5.12. The van der Waals surface area contributed by atoms with E-state index in [4.69, 9.17) is 9.47 Å². The molecule has 0 aromatic heterocycles. The Morgan fingerprint density at radius 1 is 1.29 bits per heavy atom. The highest BCUT2D eigenvalue weighted by atomic mass is 79.9. The molecule has 0 radical (unpaired) electrons. The van der Waals surface area contributed by atoms with Gasteiger partial charge in [-0.05, 0) is 52.2 Å². The van der Waals surface area contributed by atoms with Crippen molar-refractivity contribution in [1.29, 1.82) is 0 Å². The van der Waals surface area contributed by atoms with E-state index in [1.807, 2.05) is 24.3 Å². The van der Waals surface area contributed by atoms with Crippen LogP contribution in [0.5, 0.6) is 11.5 Å². The highest BCUT2D eigenvalue weighted by molar-refractivity contribution is 9.10. The standard InChI is InChI=1S/C17H18BrNO4S/c1-22-17-7-6-14(9-15(17)18)24(20,21)19-10-12-8-13-4-2-3-5-16(13)23-11-12/h2-7,9,12,19H,8,10-11H2,1H3. The number of benzene rings is 2. The molecule has 1 heterocycles. The summed E-state index contributed by atoms with van der Waals surface area (Å²) in [5, 5.41) is 0. The van der Waals surface area contributed by atoms with Gasteiger partial charge in [0.1, 0.15) is 11.5 Å². The molecule has 7 heteroatoms. The number of para-hydroxylation sites is 1. The summed E-state index contributed by atoms with van der Waals surface area (Å²) in [5.41, 5.74) is 1.11. The molecule has 0 saturated heterocycles. The first kappa shape index (κ1) is 17.3. The highest BCUT2D eigenvalue weighted by Crippen LogP contribution is 2.28. The Balaban J connectivity index is 1.67. The number of hydrogen-bond donors (Lipinski definition) is 1. The minimum atomic E-state index is -3.58. The van der Waals surface area contributed by atoms with Gasteiger partial charge >= 0.3 is 0 Å². The summed E-state index contributed by atoms with van der Waals surface area (Å²) in [6.45, 7) is 0.839. The van der Waals surface area contributed by atoms with Crippen molar-refractivity contribution in [1.82, 2.24) is 4.72 Å². The third kappa shape index (κ3) is 3.74. The number of rotatable bonds is 5. The van der Waals surface area contributed by atoms with E-state index in [-0.39, 0.29) is 10.8 Å². The van der Waals surface area contributed by atoms with Gasteiger partial charge in [-0.25, -0.2) is 13.1 Å². The van der Waals surface area contributed by atoms with Crippen molar-refractivity contribution >= 4 is 26.0 Å². The summed E-state index contributed by atoms with van der Waals surface area (Å²) in [4.78, 5) is 0.201. The van der Waals surface area contributed by atoms with Crippen LogP contribution in [-0.2, 0) is 16.4 Å². The van der Waals surface area contributed by atoms with Gasteiger partial charge in [0.25, 0.3) is 0 Å². The third-order valence-electron chi connectivity index (χ3n) is 3.95. The van der Waals surface area contributed by atoms with Crippen LogP contribution in [0, 0.1) is 5.92 Å². The van der Waals surface area contributed by atoms with E-state index in [1.165, 1.54) is 19.2 Å². The van der Waals surface area contributed by atoms with E-state index in [2.05, 4.69) is 20.7 Å². The fraction of sp³-hybridized carbons (Fsp3) is 0.294. The number of halogens is 1. The van der Waals surface area contributed by atoms with Gasteiger partial charge in [0.2, 0.25) is 10.0 Å². The summed E-state index contributed by atoms with van der Waals surface area (Å²) in [5.74, 6) is 1.58. The Hall–Kier alpha value is -1.57. The molecule has 2 aromatic carbocycles. The summed E-state index contributed by atoms with van der Waals surface area (Å²) in [7, 11) is -2.04. The summed E-state index contributed by atoms with van der Waals surface area (Å²) >= 11 is 3.31. The first-order valence-corrected chi connectivity index (χ1v) is 9.81. The van der Waals surface area contributed by atoms with Crippen molar-refractivity contribution in [2.75, 3.05) is 20.3 Å². The van der Waals surface area contributed by atoms with Gasteiger partial charge in [-0.1, -0.05) is 18.2 Å². The van der Waals surface area contributed by atoms with Crippen LogP contribution in [0.25, 0.3) is 0 Å². The predicted octanol–water partition coefficient (Wildman–Crippen LogP) is 2.99. The molecule has 3 rings (SSSR count). The first-order chi connectivity index (χ1) is 11.5. The molecule has 0 aliphatic carbocycles. The maximum absolute atomic E-state index is 12.5. The van der Waals surface area contributed by atoms with Crippen molar-refractivity contribution in [3.8, 4) is 11.5 Å². The zero-order valence-corrected chi connectivity index (χ0v) is 15.6. The molecule has 128 valence electrons. The van der Waals surface area contributed by atoms with Crippen molar-refractivity contribution in [3.05, 3.63) is 52.5 Å². The van der Waals surface area contributed by atoms with E-state index >= 15 is 0 Å². The SMILES string of the molecule is COc1ccc(S(=O)(=O)NCC2COc3ccccc3C2)cc1Br. The van der Waals surface area contributed by atoms with Crippen molar-refractivity contribution in [2.45, 2.75) is 11.3 Å². The normalized spacial score (nSPS) is 17.0. The predicted molar refractivity (Wildman–Crippen MR) is 95.0 cm³/mol. The van der Waals surface area contributed by atoms with Crippen LogP contribution in [0.15, 0.2) is 51.8 Å². The van der Waals surface area contributed by atoms with Crippen LogP contribution >= 0.6 is 15.9 Å². The Morgan fingerprint density at radius 2 is 2.08 bits per heavy atom. The lowest BCUT2D eigenvalue weighted by molar-refractivity contribution is 0.223. The molecule has 5 nitrogen and oxygen atoms in total. The van der Waals surface area contributed by atoms with Crippen molar-refractivity contribution in [2.24, 2.45) is 5.92 Å². The molecular formula is C17H18BrNO4S. The molecule has 0 saturated carbocycles. The topological polar surface area (TPSA) is 64.6 Å². The van der Waals surface area contributed by atoms with Gasteiger partial charge < -0.3 is 9.47 Å². The lowest BCUT2D eigenvalue weighted by Gasteiger charge is -2.25. The molecule has 1 aliphatic heterocycles. The van der Waals surface area contributed by atoms with Crippen LogP contribution < -0.4 is 14.2 Å². The van der Waals surface area contributed by atoms with E-state index in [1.54, 1.807) is 6.07 Å².